The Labute approximate surface area is 150 Å². The van der Waals surface area contributed by atoms with Crippen LogP contribution < -0.4 is 4.74 Å². The van der Waals surface area contributed by atoms with Gasteiger partial charge < -0.3 is 9.15 Å². The van der Waals surface area contributed by atoms with E-state index in [4.69, 9.17) is 9.15 Å². The fourth-order valence-electron chi connectivity index (χ4n) is 2.75. The summed E-state index contributed by atoms with van der Waals surface area (Å²) in [4.78, 5) is 0. The van der Waals surface area contributed by atoms with Crippen LogP contribution in [0.2, 0.25) is 0 Å². The molecule has 4 aromatic rings. The van der Waals surface area contributed by atoms with Crippen molar-refractivity contribution in [3.8, 4) is 34.5 Å². The SMILES string of the molecule is COc1cccc(-n2nnc(-c3nnc(-c4ccccc4C)o3)c2C)c1. The lowest BCUT2D eigenvalue weighted by atomic mass is 10.1. The highest BCUT2D eigenvalue weighted by Crippen LogP contribution is 2.27. The summed E-state index contributed by atoms with van der Waals surface area (Å²) in [7, 11) is 1.63. The summed E-state index contributed by atoms with van der Waals surface area (Å²) in [6, 6.07) is 15.5. The van der Waals surface area contributed by atoms with Gasteiger partial charge in [-0.1, -0.05) is 29.5 Å². The molecular formula is C19H17N5O2. The second-order valence-electron chi connectivity index (χ2n) is 5.86. The lowest BCUT2D eigenvalue weighted by Gasteiger charge is -2.05. The molecule has 0 amide bonds. The van der Waals surface area contributed by atoms with Gasteiger partial charge in [-0.3, -0.25) is 0 Å². The minimum Gasteiger partial charge on any atom is -0.497 e. The average Bonchev–Trinajstić information content (AvgIpc) is 3.29. The minimum absolute atomic E-state index is 0.342. The molecule has 2 heterocycles. The third-order valence-electron chi connectivity index (χ3n) is 4.20. The van der Waals surface area contributed by atoms with Gasteiger partial charge in [0.1, 0.15) is 5.75 Å². The van der Waals surface area contributed by atoms with Crippen LogP contribution in [0.5, 0.6) is 5.75 Å². The summed E-state index contributed by atoms with van der Waals surface area (Å²) < 4.78 is 12.8. The number of nitrogens with zero attached hydrogens (tertiary/aromatic N) is 5. The Kier molecular flexibility index (Phi) is 3.96. The number of aromatic nitrogens is 5. The van der Waals surface area contributed by atoms with Crippen molar-refractivity contribution in [1.82, 2.24) is 25.2 Å². The van der Waals surface area contributed by atoms with Crippen molar-refractivity contribution in [3.05, 3.63) is 59.8 Å². The summed E-state index contributed by atoms with van der Waals surface area (Å²) >= 11 is 0. The molecule has 4 rings (SSSR count). The molecule has 0 saturated carbocycles. The molecule has 0 spiro atoms. The third kappa shape index (κ3) is 2.73. The van der Waals surface area contributed by atoms with Gasteiger partial charge in [0.25, 0.3) is 5.89 Å². The molecule has 2 aromatic heterocycles. The smallest absolute Gasteiger partial charge is 0.270 e. The van der Waals surface area contributed by atoms with Gasteiger partial charge in [0, 0.05) is 11.6 Å². The summed E-state index contributed by atoms with van der Waals surface area (Å²) in [6.45, 7) is 3.91. The number of methoxy groups -OCH3 is 1. The van der Waals surface area contributed by atoms with E-state index in [0.717, 1.165) is 28.3 Å². The molecule has 7 heteroatoms. The van der Waals surface area contributed by atoms with Crippen LogP contribution in [-0.4, -0.2) is 32.3 Å². The zero-order valence-corrected chi connectivity index (χ0v) is 14.7. The zero-order valence-electron chi connectivity index (χ0n) is 14.7. The highest BCUT2D eigenvalue weighted by Gasteiger charge is 2.19. The Morgan fingerprint density at radius 1 is 0.923 bits per heavy atom. The van der Waals surface area contributed by atoms with Crippen LogP contribution >= 0.6 is 0 Å². The van der Waals surface area contributed by atoms with Gasteiger partial charge in [-0.2, -0.15) is 0 Å². The average molecular weight is 347 g/mol. The fourth-order valence-corrected chi connectivity index (χ4v) is 2.75. The molecule has 0 saturated heterocycles. The van der Waals surface area contributed by atoms with Gasteiger partial charge in [0.15, 0.2) is 5.69 Å². The third-order valence-corrected chi connectivity index (χ3v) is 4.20. The molecule has 0 radical (unpaired) electrons. The number of rotatable bonds is 4. The second kappa shape index (κ2) is 6.44. The number of hydrogen-bond acceptors (Lipinski definition) is 6. The molecule has 0 fully saturated rings. The van der Waals surface area contributed by atoms with Crippen LogP contribution in [0, 0.1) is 13.8 Å². The van der Waals surface area contributed by atoms with Crippen molar-refractivity contribution in [2.24, 2.45) is 0 Å². The minimum atomic E-state index is 0.342. The Balaban J connectivity index is 1.72. The zero-order chi connectivity index (χ0) is 18.1. The predicted octanol–water partition coefficient (Wildman–Crippen LogP) is 3.61. The van der Waals surface area contributed by atoms with Crippen molar-refractivity contribution in [2.45, 2.75) is 13.8 Å². The van der Waals surface area contributed by atoms with Crippen LogP contribution in [-0.2, 0) is 0 Å². The van der Waals surface area contributed by atoms with Crippen molar-refractivity contribution in [2.75, 3.05) is 7.11 Å². The quantitative estimate of drug-likeness (QED) is 0.561. The summed E-state index contributed by atoms with van der Waals surface area (Å²) in [5.41, 5.74) is 4.18. The lowest BCUT2D eigenvalue weighted by Crippen LogP contribution is -1.99. The van der Waals surface area contributed by atoms with E-state index in [1.165, 1.54) is 0 Å². The van der Waals surface area contributed by atoms with Gasteiger partial charge in [-0.15, -0.1) is 15.3 Å². The molecule has 0 N–H and O–H groups in total. The molecule has 0 aliphatic rings. The highest BCUT2D eigenvalue weighted by atomic mass is 16.5. The van der Waals surface area contributed by atoms with Crippen molar-refractivity contribution >= 4 is 0 Å². The van der Waals surface area contributed by atoms with Crippen LogP contribution in [0.3, 0.4) is 0 Å². The Morgan fingerprint density at radius 3 is 2.54 bits per heavy atom. The summed E-state index contributed by atoms with van der Waals surface area (Å²) in [5.74, 6) is 1.56. The van der Waals surface area contributed by atoms with Crippen LogP contribution in [0.15, 0.2) is 52.9 Å². The van der Waals surface area contributed by atoms with Crippen LogP contribution in [0.1, 0.15) is 11.3 Å². The fraction of sp³-hybridized carbons (Fsp3) is 0.158. The monoisotopic (exact) mass is 347 g/mol. The molecule has 26 heavy (non-hydrogen) atoms. The highest BCUT2D eigenvalue weighted by molar-refractivity contribution is 5.60. The standard InChI is InChI=1S/C19H17N5O2/c1-12-7-4-5-10-16(12)18-21-22-19(26-18)17-13(2)24(23-20-17)14-8-6-9-15(11-14)25-3/h4-11H,1-3H3. The van der Waals surface area contributed by atoms with Gasteiger partial charge in [-0.25, -0.2) is 4.68 Å². The first-order valence-corrected chi connectivity index (χ1v) is 8.14. The van der Waals surface area contributed by atoms with E-state index >= 15 is 0 Å². The van der Waals surface area contributed by atoms with Crippen molar-refractivity contribution < 1.29 is 9.15 Å². The molecule has 2 aromatic carbocycles. The van der Waals surface area contributed by atoms with Gasteiger partial charge in [0.2, 0.25) is 5.89 Å². The van der Waals surface area contributed by atoms with Crippen molar-refractivity contribution in [1.29, 1.82) is 0 Å². The topological polar surface area (TPSA) is 78.9 Å². The largest absolute Gasteiger partial charge is 0.497 e. The number of benzene rings is 2. The van der Waals surface area contributed by atoms with Crippen molar-refractivity contribution in [3.63, 3.8) is 0 Å². The molecule has 0 unspecified atom stereocenters. The summed E-state index contributed by atoms with van der Waals surface area (Å²) in [5, 5.41) is 16.8. The van der Waals surface area contributed by atoms with E-state index in [2.05, 4.69) is 20.5 Å². The molecule has 7 nitrogen and oxygen atoms in total. The van der Waals surface area contributed by atoms with Crippen LogP contribution in [0.25, 0.3) is 28.7 Å². The molecule has 130 valence electrons. The van der Waals surface area contributed by atoms with E-state index in [1.54, 1.807) is 11.8 Å². The van der Waals surface area contributed by atoms with E-state index in [1.807, 2.05) is 62.4 Å². The Bertz CT molecular complexity index is 1070. The van der Waals surface area contributed by atoms with E-state index in [0.29, 0.717) is 17.5 Å². The van der Waals surface area contributed by atoms with Crippen LogP contribution in [0.4, 0.5) is 0 Å². The molecule has 0 atom stereocenters. The first kappa shape index (κ1) is 16.0. The van der Waals surface area contributed by atoms with E-state index < -0.39 is 0 Å². The molecule has 0 bridgehead atoms. The van der Waals surface area contributed by atoms with E-state index in [9.17, 15) is 0 Å². The Morgan fingerprint density at radius 2 is 1.73 bits per heavy atom. The normalized spacial score (nSPS) is 10.9. The summed E-state index contributed by atoms with van der Waals surface area (Å²) in [6.07, 6.45) is 0. The predicted molar refractivity (Wildman–Crippen MR) is 96.1 cm³/mol. The molecule has 0 aliphatic heterocycles. The maximum absolute atomic E-state index is 5.85. The number of hydrogen-bond donors (Lipinski definition) is 0. The van der Waals surface area contributed by atoms with Gasteiger partial charge >= 0.3 is 0 Å². The Hall–Kier alpha value is -3.48. The second-order valence-corrected chi connectivity index (χ2v) is 5.86. The molecule has 0 aliphatic carbocycles. The first-order valence-electron chi connectivity index (χ1n) is 8.14. The number of aryl methyl sites for hydroxylation is 1. The lowest BCUT2D eigenvalue weighted by molar-refractivity contribution is 0.414. The first-order chi connectivity index (χ1) is 12.7. The van der Waals surface area contributed by atoms with Gasteiger partial charge in [0.05, 0.1) is 18.5 Å². The maximum Gasteiger partial charge on any atom is 0.270 e. The molecular weight excluding hydrogens is 330 g/mol. The van der Waals surface area contributed by atoms with Gasteiger partial charge in [-0.05, 0) is 37.6 Å². The number of ether oxygens (including phenoxy) is 1. The maximum atomic E-state index is 5.85. The van der Waals surface area contributed by atoms with E-state index in [-0.39, 0.29) is 0 Å².